The first-order valence-electron chi connectivity index (χ1n) is 9.83. The molecular weight excluding hydrogens is 393 g/mol. The van der Waals surface area contributed by atoms with Gasteiger partial charge in [0.2, 0.25) is 10.0 Å². The molecule has 0 radical (unpaired) electrons. The second kappa shape index (κ2) is 7.85. The maximum atomic E-state index is 13.3. The summed E-state index contributed by atoms with van der Waals surface area (Å²) in [5, 5.41) is 0. The average Bonchev–Trinajstić information content (AvgIpc) is 2.73. The predicted molar refractivity (Wildman–Crippen MR) is 109 cm³/mol. The summed E-state index contributed by atoms with van der Waals surface area (Å²) in [6.07, 6.45) is -0.189. The van der Waals surface area contributed by atoms with Gasteiger partial charge in [-0.3, -0.25) is 9.69 Å². The number of piperazine rings is 1. The van der Waals surface area contributed by atoms with Crippen molar-refractivity contribution < 1.29 is 17.6 Å². The van der Waals surface area contributed by atoms with Gasteiger partial charge in [0, 0.05) is 44.0 Å². The Labute approximate surface area is 170 Å². The first-order valence-corrected chi connectivity index (χ1v) is 11.3. The van der Waals surface area contributed by atoms with Gasteiger partial charge in [-0.05, 0) is 42.8 Å². The number of fused-ring (bicyclic) bond motifs is 1. The highest BCUT2D eigenvalue weighted by Gasteiger charge is 2.46. The van der Waals surface area contributed by atoms with Gasteiger partial charge < -0.3 is 4.90 Å². The van der Waals surface area contributed by atoms with Crippen molar-refractivity contribution in [1.82, 2.24) is 9.21 Å². The van der Waals surface area contributed by atoms with Gasteiger partial charge >= 0.3 is 0 Å². The second-order valence-electron chi connectivity index (χ2n) is 7.35. The van der Waals surface area contributed by atoms with Crippen molar-refractivity contribution in [3.8, 4) is 0 Å². The number of halogens is 1. The highest BCUT2D eigenvalue weighted by molar-refractivity contribution is 7.89. The van der Waals surface area contributed by atoms with Gasteiger partial charge in [-0.1, -0.05) is 19.1 Å². The fourth-order valence-electron chi connectivity index (χ4n) is 4.11. The van der Waals surface area contributed by atoms with Crippen LogP contribution in [0.5, 0.6) is 0 Å². The summed E-state index contributed by atoms with van der Waals surface area (Å²) in [6.45, 7) is 4.57. The Morgan fingerprint density at radius 1 is 1.00 bits per heavy atom. The van der Waals surface area contributed by atoms with E-state index in [1.807, 2.05) is 11.8 Å². The number of rotatable bonds is 4. The van der Waals surface area contributed by atoms with E-state index in [0.29, 0.717) is 39.1 Å². The van der Waals surface area contributed by atoms with Gasteiger partial charge in [0.05, 0.1) is 4.90 Å². The van der Waals surface area contributed by atoms with Gasteiger partial charge in [-0.15, -0.1) is 0 Å². The zero-order valence-electron chi connectivity index (χ0n) is 16.3. The van der Waals surface area contributed by atoms with Crippen molar-refractivity contribution in [2.75, 3.05) is 37.6 Å². The third-order valence-electron chi connectivity index (χ3n) is 5.54. The Kier molecular flexibility index (Phi) is 5.42. The topological polar surface area (TPSA) is 60.9 Å². The van der Waals surface area contributed by atoms with Crippen LogP contribution < -0.4 is 4.90 Å². The van der Waals surface area contributed by atoms with E-state index < -0.39 is 16.2 Å². The Bertz CT molecular complexity index is 1000. The Hall–Kier alpha value is -2.29. The van der Waals surface area contributed by atoms with Gasteiger partial charge in [0.25, 0.3) is 0 Å². The molecule has 0 bridgehead atoms. The third-order valence-corrected chi connectivity index (χ3v) is 7.45. The van der Waals surface area contributed by atoms with Crippen LogP contribution in [0.2, 0.25) is 0 Å². The first kappa shape index (κ1) is 20.0. The van der Waals surface area contributed by atoms with Gasteiger partial charge in [0.15, 0.2) is 5.78 Å². The number of hydrogen-bond acceptors (Lipinski definition) is 5. The van der Waals surface area contributed by atoms with Crippen molar-refractivity contribution in [3.05, 3.63) is 59.9 Å². The molecule has 154 valence electrons. The number of sulfonamides is 1. The van der Waals surface area contributed by atoms with Crippen LogP contribution in [-0.4, -0.2) is 62.3 Å². The standard InChI is InChI=1S/C21H24FN3O3S/c1-2-11-25-21(20(26)18-5-3-4-6-19(18)29(25,27)28)24-14-12-23(13-15-24)17-9-7-16(22)8-10-17/h3-10,21H,2,11-15H2,1H3. The summed E-state index contributed by atoms with van der Waals surface area (Å²) in [7, 11) is -3.73. The maximum absolute atomic E-state index is 13.3. The molecule has 2 heterocycles. The van der Waals surface area contributed by atoms with Crippen LogP contribution >= 0.6 is 0 Å². The molecule has 8 heteroatoms. The van der Waals surface area contributed by atoms with Crippen LogP contribution in [-0.2, 0) is 10.0 Å². The van der Waals surface area contributed by atoms with E-state index in [1.54, 1.807) is 30.3 Å². The molecule has 2 aliphatic heterocycles. The molecule has 2 aliphatic rings. The first-order chi connectivity index (χ1) is 13.9. The number of ketones is 1. The lowest BCUT2D eigenvalue weighted by molar-refractivity contribution is 0.0555. The monoisotopic (exact) mass is 417 g/mol. The van der Waals surface area contributed by atoms with Crippen molar-refractivity contribution in [3.63, 3.8) is 0 Å². The smallest absolute Gasteiger partial charge is 0.245 e. The van der Waals surface area contributed by atoms with E-state index >= 15 is 0 Å². The molecule has 0 spiro atoms. The SMILES string of the molecule is CCCN1C(N2CCN(c3ccc(F)cc3)CC2)C(=O)c2ccccc2S1(=O)=O. The summed E-state index contributed by atoms with van der Waals surface area (Å²) in [5.74, 6) is -0.446. The van der Waals surface area contributed by atoms with Gasteiger partial charge in [-0.2, -0.15) is 4.31 Å². The molecule has 29 heavy (non-hydrogen) atoms. The minimum absolute atomic E-state index is 0.0969. The molecule has 0 saturated carbocycles. The minimum Gasteiger partial charge on any atom is -0.369 e. The predicted octanol–water partition coefficient (Wildman–Crippen LogP) is 2.57. The second-order valence-corrected chi connectivity index (χ2v) is 9.21. The molecule has 6 nitrogen and oxygen atoms in total. The fourth-order valence-corrected chi connectivity index (χ4v) is 5.97. The molecule has 1 fully saturated rings. The number of carbonyl (C=O) groups is 1. The molecule has 1 saturated heterocycles. The fraction of sp³-hybridized carbons (Fsp3) is 0.381. The lowest BCUT2D eigenvalue weighted by Crippen LogP contribution is -2.62. The quantitative estimate of drug-likeness (QED) is 0.765. The van der Waals surface area contributed by atoms with Gasteiger partial charge in [-0.25, -0.2) is 12.8 Å². The number of benzene rings is 2. The van der Waals surface area contributed by atoms with Crippen molar-refractivity contribution in [2.45, 2.75) is 24.4 Å². The van der Waals surface area contributed by atoms with E-state index in [-0.39, 0.29) is 22.1 Å². The molecule has 0 amide bonds. The molecule has 1 unspecified atom stereocenters. The van der Waals surface area contributed by atoms with Crippen LogP contribution in [0.15, 0.2) is 53.4 Å². The van der Waals surface area contributed by atoms with E-state index in [2.05, 4.69) is 4.90 Å². The number of hydrogen-bond donors (Lipinski definition) is 0. The summed E-state index contributed by atoms with van der Waals surface area (Å²) < 4.78 is 41.0. The normalized spacial score (nSPS) is 22.5. The lowest BCUT2D eigenvalue weighted by atomic mass is 10.1. The molecule has 2 aromatic carbocycles. The highest BCUT2D eigenvalue weighted by Crippen LogP contribution is 2.32. The van der Waals surface area contributed by atoms with Crippen LogP contribution in [0.25, 0.3) is 0 Å². The van der Waals surface area contributed by atoms with E-state index in [1.165, 1.54) is 22.5 Å². The van der Waals surface area contributed by atoms with Gasteiger partial charge in [0.1, 0.15) is 12.0 Å². The molecule has 2 aromatic rings. The van der Waals surface area contributed by atoms with E-state index in [0.717, 1.165) is 5.69 Å². The molecule has 1 atom stereocenters. The van der Waals surface area contributed by atoms with E-state index in [4.69, 9.17) is 0 Å². The Morgan fingerprint density at radius 2 is 1.66 bits per heavy atom. The largest absolute Gasteiger partial charge is 0.369 e. The average molecular weight is 418 g/mol. The number of carbonyl (C=O) groups excluding carboxylic acids is 1. The molecule has 0 aliphatic carbocycles. The van der Waals surface area contributed by atoms with Crippen LogP contribution in [0.4, 0.5) is 10.1 Å². The molecular formula is C21H24FN3O3S. The lowest BCUT2D eigenvalue weighted by Gasteiger charge is -2.44. The number of anilines is 1. The summed E-state index contributed by atoms with van der Waals surface area (Å²) in [5.41, 5.74) is 1.19. The third kappa shape index (κ3) is 3.56. The van der Waals surface area contributed by atoms with Crippen LogP contribution in [0, 0.1) is 5.82 Å². The highest BCUT2D eigenvalue weighted by atomic mass is 32.2. The molecule has 4 rings (SSSR count). The Balaban J connectivity index is 1.60. The number of Topliss-reactive ketones (excluding diaryl/α,β-unsaturated/α-hetero) is 1. The maximum Gasteiger partial charge on any atom is 0.245 e. The van der Waals surface area contributed by atoms with Crippen molar-refractivity contribution in [2.24, 2.45) is 0 Å². The zero-order chi connectivity index (χ0) is 20.6. The summed E-state index contributed by atoms with van der Waals surface area (Å²) in [6, 6.07) is 12.8. The summed E-state index contributed by atoms with van der Waals surface area (Å²) in [4.78, 5) is 17.4. The van der Waals surface area contributed by atoms with E-state index in [9.17, 15) is 17.6 Å². The molecule has 0 N–H and O–H groups in total. The minimum atomic E-state index is -3.73. The van der Waals surface area contributed by atoms with Crippen molar-refractivity contribution >= 4 is 21.5 Å². The number of nitrogens with zero attached hydrogens (tertiary/aromatic N) is 3. The van der Waals surface area contributed by atoms with Crippen LogP contribution in [0.3, 0.4) is 0 Å². The molecule has 0 aromatic heterocycles. The van der Waals surface area contributed by atoms with Crippen LogP contribution in [0.1, 0.15) is 23.7 Å². The Morgan fingerprint density at radius 3 is 2.31 bits per heavy atom. The van der Waals surface area contributed by atoms with Crippen molar-refractivity contribution in [1.29, 1.82) is 0 Å². The zero-order valence-corrected chi connectivity index (χ0v) is 17.1. The summed E-state index contributed by atoms with van der Waals surface area (Å²) >= 11 is 0.